The van der Waals surface area contributed by atoms with E-state index in [1.807, 2.05) is 0 Å². The molecule has 0 heterocycles. The fourth-order valence-electron chi connectivity index (χ4n) is 4.52. The summed E-state index contributed by atoms with van der Waals surface area (Å²) in [5, 5.41) is 12.2. The van der Waals surface area contributed by atoms with Crippen LogP contribution in [0.25, 0.3) is 0 Å². The highest BCUT2D eigenvalue weighted by Gasteiger charge is 2.15. The number of hydrogen-bond acceptors (Lipinski definition) is 8. The zero-order chi connectivity index (χ0) is 34.1. The molecule has 0 bridgehead atoms. The first-order valence-corrected chi connectivity index (χ1v) is 21.8. The largest absolute Gasteiger partial charge is 0.466 e. The molecule has 46 heavy (non-hydrogen) atoms. The average Bonchev–Trinajstić information content (AvgIpc) is 3.01. The van der Waals surface area contributed by atoms with Crippen LogP contribution in [0.3, 0.4) is 0 Å². The van der Waals surface area contributed by atoms with Crippen LogP contribution in [0, 0.1) is 0 Å². The van der Waals surface area contributed by atoms with Gasteiger partial charge in [-0.15, -0.1) is 0 Å². The summed E-state index contributed by atoms with van der Waals surface area (Å²) in [6.45, 7) is 15.9. The molecule has 0 saturated carbocycles. The minimum Gasteiger partial charge on any atom is -0.466 e. The molecule has 0 atom stereocenters. The van der Waals surface area contributed by atoms with Gasteiger partial charge < -0.3 is 29.4 Å². The molecular weight excluding hydrogens is 600 g/mol. The van der Waals surface area contributed by atoms with Gasteiger partial charge in [-0.05, 0) is 76.8 Å². The molecule has 1 amide bonds. The minimum atomic E-state index is -1.22. The van der Waals surface area contributed by atoms with E-state index in [9.17, 15) is 14.7 Å². The summed E-state index contributed by atoms with van der Waals surface area (Å²) in [4.78, 5) is 26.4. The Morgan fingerprint density at radius 1 is 0.739 bits per heavy atom. The fraction of sp³-hybridized carbons (Fsp3) is 0.833. The van der Waals surface area contributed by atoms with Gasteiger partial charge in [0.1, 0.15) is 0 Å². The van der Waals surface area contributed by atoms with E-state index in [0.29, 0.717) is 58.9 Å². The normalized spacial score (nSPS) is 12.2. The molecule has 2 N–H and O–H groups in total. The van der Waals surface area contributed by atoms with Crippen LogP contribution in [0.5, 0.6) is 0 Å². The number of ether oxygens (including phenoxy) is 4. The van der Waals surface area contributed by atoms with E-state index in [4.69, 9.17) is 18.9 Å². The van der Waals surface area contributed by atoms with Crippen molar-refractivity contribution in [3.8, 4) is 0 Å². The highest BCUT2D eigenvalue weighted by atomic mass is 28.3. The zero-order valence-electron chi connectivity index (χ0n) is 30.2. The average molecular weight is 671 g/mol. The molecule has 9 nitrogen and oxygen atoms in total. The third-order valence-corrected chi connectivity index (χ3v) is 9.06. The van der Waals surface area contributed by atoms with Gasteiger partial charge in [-0.1, -0.05) is 70.6 Å². The van der Waals surface area contributed by atoms with Crippen LogP contribution in [0.2, 0.25) is 25.7 Å². The number of hydrogen-bond donors (Lipinski definition) is 2. The van der Waals surface area contributed by atoms with Gasteiger partial charge in [-0.25, -0.2) is 4.79 Å². The van der Waals surface area contributed by atoms with Gasteiger partial charge >= 0.3 is 12.1 Å². The second-order valence-electron chi connectivity index (χ2n) is 13.0. The number of aliphatic hydroxyl groups excluding tert-OH is 1. The van der Waals surface area contributed by atoms with E-state index in [-0.39, 0.29) is 25.0 Å². The number of esters is 1. The predicted octanol–water partition coefficient (Wildman–Crippen LogP) is 7.86. The first-order chi connectivity index (χ1) is 22.2. The maximum atomic E-state index is 12.4. The van der Waals surface area contributed by atoms with E-state index in [1.54, 1.807) is 0 Å². The van der Waals surface area contributed by atoms with Gasteiger partial charge in [0, 0.05) is 47.3 Å². The Hall–Kier alpha value is -1.72. The lowest BCUT2D eigenvalue weighted by Crippen LogP contribution is -2.37. The van der Waals surface area contributed by atoms with Crippen molar-refractivity contribution >= 4 is 20.1 Å². The Morgan fingerprint density at radius 3 is 1.93 bits per heavy atom. The Labute approximate surface area is 282 Å². The Morgan fingerprint density at radius 2 is 1.35 bits per heavy atom. The maximum absolute atomic E-state index is 12.4. The molecular formula is C36H70N2O7Si. The van der Waals surface area contributed by atoms with Crippen molar-refractivity contribution in [1.29, 1.82) is 0 Å². The van der Waals surface area contributed by atoms with E-state index in [2.05, 4.69) is 68.0 Å². The number of carbonyl (C=O) groups is 2. The fourth-order valence-corrected chi connectivity index (χ4v) is 5.24. The number of rotatable bonds is 32. The summed E-state index contributed by atoms with van der Waals surface area (Å²) < 4.78 is 22.8. The van der Waals surface area contributed by atoms with E-state index in [1.165, 1.54) is 0 Å². The molecule has 10 heteroatoms. The van der Waals surface area contributed by atoms with Crippen molar-refractivity contribution in [1.82, 2.24) is 10.2 Å². The molecule has 0 radical (unpaired) electrons. The van der Waals surface area contributed by atoms with E-state index in [0.717, 1.165) is 89.6 Å². The number of alkyl carbamates (subject to hydrolysis) is 1. The molecule has 270 valence electrons. The molecule has 0 aliphatic carbocycles. The highest BCUT2D eigenvalue weighted by molar-refractivity contribution is 6.76. The maximum Gasteiger partial charge on any atom is 0.407 e. The van der Waals surface area contributed by atoms with Crippen LogP contribution in [0.1, 0.15) is 104 Å². The van der Waals surface area contributed by atoms with Gasteiger partial charge in [-0.2, -0.15) is 0 Å². The summed E-state index contributed by atoms with van der Waals surface area (Å²) in [5.41, 5.74) is 0. The molecule has 0 saturated heterocycles. The van der Waals surface area contributed by atoms with Crippen molar-refractivity contribution in [3.05, 3.63) is 24.3 Å². The molecule has 0 aromatic heterocycles. The van der Waals surface area contributed by atoms with Gasteiger partial charge in [0.25, 0.3) is 0 Å². The summed E-state index contributed by atoms with van der Waals surface area (Å²) in [7, 11) is -1.22. The van der Waals surface area contributed by atoms with Crippen LogP contribution in [-0.4, -0.2) is 95.6 Å². The molecule has 0 spiro atoms. The van der Waals surface area contributed by atoms with Crippen LogP contribution in [0.15, 0.2) is 24.3 Å². The summed E-state index contributed by atoms with van der Waals surface area (Å²) >= 11 is 0. The monoisotopic (exact) mass is 670 g/mol. The van der Waals surface area contributed by atoms with Crippen molar-refractivity contribution in [2.24, 2.45) is 0 Å². The van der Waals surface area contributed by atoms with Crippen molar-refractivity contribution in [3.63, 3.8) is 0 Å². The van der Waals surface area contributed by atoms with E-state index >= 15 is 0 Å². The Balaban J connectivity index is 4.16. The third kappa shape index (κ3) is 32.2. The lowest BCUT2D eigenvalue weighted by molar-refractivity contribution is -0.159. The number of unbranched alkanes of at least 4 members (excludes halogenated alkanes) is 7. The number of aliphatic hydroxyl groups is 1. The number of nitrogens with zero attached hydrogens (tertiary/aromatic N) is 1. The number of amides is 1. The predicted molar refractivity (Wildman–Crippen MR) is 192 cm³/mol. The molecule has 0 aliphatic heterocycles. The summed E-state index contributed by atoms with van der Waals surface area (Å²) in [5.74, 6) is -0.202. The molecule has 0 aromatic carbocycles. The quantitative estimate of drug-likeness (QED) is 0.0245. The molecule has 0 aromatic rings. The van der Waals surface area contributed by atoms with Crippen LogP contribution >= 0.6 is 0 Å². The van der Waals surface area contributed by atoms with Crippen molar-refractivity contribution in [2.75, 3.05) is 59.2 Å². The number of nitrogens with one attached hydrogen (secondary N) is 1. The number of carbonyl (C=O) groups excluding carboxylic acids is 2. The van der Waals surface area contributed by atoms with Crippen LogP contribution in [-0.2, 0) is 23.7 Å². The second kappa shape index (κ2) is 31.9. The summed E-state index contributed by atoms with van der Waals surface area (Å²) in [6, 6.07) is 0.955. The first-order valence-electron chi connectivity index (χ1n) is 18.1. The lowest BCUT2D eigenvalue weighted by Gasteiger charge is -2.21. The van der Waals surface area contributed by atoms with Gasteiger partial charge in [-0.3, -0.25) is 9.69 Å². The molecule has 0 aliphatic rings. The van der Waals surface area contributed by atoms with Crippen LogP contribution in [0.4, 0.5) is 4.79 Å². The summed E-state index contributed by atoms with van der Waals surface area (Å²) in [6.07, 6.45) is 21.1. The van der Waals surface area contributed by atoms with Gasteiger partial charge in [0.2, 0.25) is 0 Å². The zero-order valence-corrected chi connectivity index (χ0v) is 31.2. The number of allylic oxidation sites excluding steroid dienone is 4. The SMILES string of the molecule is CC/C=C\CCCCOC(CCC(=O)OCCCCCCN(CCO)CCNC(=O)OCC[Si](C)(C)C)OCCCC/C=C\CC. The van der Waals surface area contributed by atoms with Crippen LogP contribution < -0.4 is 5.32 Å². The molecule has 0 fully saturated rings. The third-order valence-electron chi connectivity index (χ3n) is 7.36. The Kier molecular flexibility index (Phi) is 30.7. The molecule has 0 unspecified atom stereocenters. The van der Waals surface area contributed by atoms with Crippen molar-refractivity contribution < 1.29 is 33.6 Å². The van der Waals surface area contributed by atoms with Crippen molar-refractivity contribution in [2.45, 2.75) is 136 Å². The topological polar surface area (TPSA) is 107 Å². The standard InChI is InChI=1S/C36H70N2O7Si/c1-6-8-10-12-15-20-30-43-35(44-31-21-16-13-11-9-7-2)23-22-34(40)42-29-19-17-14-18-25-38(27-28-39)26-24-37-36(41)45-32-33-46(3,4)5/h8-11,35,39H,6-7,12-33H2,1-5H3,(H,37,41)/b10-8-,11-9-. The smallest absolute Gasteiger partial charge is 0.407 e. The molecule has 0 rings (SSSR count). The first kappa shape index (κ1) is 44.3. The van der Waals surface area contributed by atoms with Gasteiger partial charge in [0.15, 0.2) is 6.29 Å². The Bertz CT molecular complexity index is 750. The van der Waals surface area contributed by atoms with Gasteiger partial charge in [0.05, 0.1) is 26.2 Å². The lowest BCUT2D eigenvalue weighted by atomic mass is 10.2. The second-order valence-corrected chi connectivity index (χ2v) is 18.7. The van der Waals surface area contributed by atoms with E-state index < -0.39 is 8.07 Å². The minimum absolute atomic E-state index is 0.0842. The highest BCUT2D eigenvalue weighted by Crippen LogP contribution is 2.11.